The monoisotopic (exact) mass is 340 g/mol. The van der Waals surface area contributed by atoms with E-state index < -0.39 is 0 Å². The average molecular weight is 341 g/mol. The number of allylic oxidation sites excluding steroid dienone is 4. The fourth-order valence-electron chi connectivity index (χ4n) is 4.27. The maximum atomic E-state index is 12.7. The van der Waals surface area contributed by atoms with Crippen LogP contribution in [0.25, 0.3) is 0 Å². The van der Waals surface area contributed by atoms with Crippen LogP contribution in [0.15, 0.2) is 21.2 Å². The Bertz CT molecular complexity index is 499. The molecule has 3 rings (SSSR count). The normalized spacial score (nSPS) is 26.1. The molecule has 3 aliphatic rings. The van der Waals surface area contributed by atoms with Crippen molar-refractivity contribution in [3.8, 4) is 0 Å². The summed E-state index contributed by atoms with van der Waals surface area (Å²) in [5.41, 5.74) is 1.43. The lowest BCUT2D eigenvalue weighted by atomic mass is 9.71. The largest absolute Gasteiger partial charge is 0.288 e. The second-order valence-electron chi connectivity index (χ2n) is 6.78. The van der Waals surface area contributed by atoms with Gasteiger partial charge in [-0.3, -0.25) is 9.59 Å². The van der Waals surface area contributed by atoms with E-state index in [0.717, 1.165) is 51.4 Å². The van der Waals surface area contributed by atoms with Crippen molar-refractivity contribution in [2.45, 2.75) is 64.2 Å². The van der Waals surface area contributed by atoms with Crippen molar-refractivity contribution in [2.24, 2.45) is 11.8 Å². The lowest BCUT2D eigenvalue weighted by Gasteiger charge is -2.32. The highest BCUT2D eigenvalue weighted by molar-refractivity contribution is 6.59. The van der Waals surface area contributed by atoms with E-state index in [2.05, 4.69) is 0 Å². The quantitative estimate of drug-likeness (QED) is 0.640. The molecule has 2 fully saturated rings. The van der Waals surface area contributed by atoms with E-state index in [1.165, 1.54) is 12.8 Å². The molecular formula is C18H22Cl2O2. The molecule has 0 saturated heterocycles. The van der Waals surface area contributed by atoms with Crippen LogP contribution in [0.3, 0.4) is 0 Å². The molecule has 120 valence electrons. The van der Waals surface area contributed by atoms with Crippen LogP contribution in [0.4, 0.5) is 0 Å². The van der Waals surface area contributed by atoms with Gasteiger partial charge >= 0.3 is 0 Å². The molecule has 0 radical (unpaired) electrons. The van der Waals surface area contributed by atoms with E-state index in [0.29, 0.717) is 11.1 Å². The van der Waals surface area contributed by atoms with E-state index in [1.54, 1.807) is 0 Å². The summed E-state index contributed by atoms with van der Waals surface area (Å²) < 4.78 is 0. The highest BCUT2D eigenvalue weighted by Crippen LogP contribution is 2.43. The minimum atomic E-state index is -0.182. The van der Waals surface area contributed by atoms with Gasteiger partial charge in [0.1, 0.15) is 10.1 Å². The molecule has 22 heavy (non-hydrogen) atoms. The summed E-state index contributed by atoms with van der Waals surface area (Å²) in [6, 6.07) is 0. The van der Waals surface area contributed by atoms with Crippen molar-refractivity contribution in [1.82, 2.24) is 0 Å². The van der Waals surface area contributed by atoms with Gasteiger partial charge < -0.3 is 0 Å². The van der Waals surface area contributed by atoms with Gasteiger partial charge in [0.2, 0.25) is 11.6 Å². The number of rotatable bonds is 2. The lowest BCUT2D eigenvalue weighted by Crippen LogP contribution is -2.30. The molecule has 3 aliphatic carbocycles. The van der Waals surface area contributed by atoms with Crippen LogP contribution in [-0.2, 0) is 9.59 Å². The standard InChI is InChI=1S/C18H22Cl2O2/c19-15-16(20)18(22)14(12-9-5-2-6-10-12)13(17(15)21)11-7-3-1-4-8-11/h11-12H,1-10H2. The Morgan fingerprint density at radius 1 is 0.591 bits per heavy atom. The molecule has 0 aromatic heterocycles. The third kappa shape index (κ3) is 2.92. The van der Waals surface area contributed by atoms with Crippen molar-refractivity contribution in [1.29, 1.82) is 0 Å². The number of carbonyl (C=O) groups is 2. The number of hydrogen-bond donors (Lipinski definition) is 0. The molecule has 0 amide bonds. The van der Waals surface area contributed by atoms with Gasteiger partial charge in [0.05, 0.1) is 0 Å². The van der Waals surface area contributed by atoms with E-state index in [9.17, 15) is 9.59 Å². The highest BCUT2D eigenvalue weighted by atomic mass is 35.5. The SMILES string of the molecule is O=C1C(Cl)=C(Cl)C(=O)C(C2CCCCC2)=C1C1CCCCC1. The molecule has 0 spiro atoms. The summed E-state index contributed by atoms with van der Waals surface area (Å²) in [6.07, 6.45) is 10.9. The Labute approximate surface area is 141 Å². The minimum absolute atomic E-state index is 0.0631. The van der Waals surface area contributed by atoms with Crippen molar-refractivity contribution >= 4 is 34.8 Å². The van der Waals surface area contributed by atoms with Gasteiger partial charge in [-0.1, -0.05) is 61.7 Å². The summed E-state index contributed by atoms with van der Waals surface area (Å²) in [5.74, 6) is 0.0266. The third-order valence-corrected chi connectivity index (χ3v) is 6.22. The predicted octanol–water partition coefficient (Wildman–Crippen LogP) is 5.28. The molecular weight excluding hydrogens is 319 g/mol. The van der Waals surface area contributed by atoms with E-state index in [1.807, 2.05) is 0 Å². The summed E-state index contributed by atoms with van der Waals surface area (Å²) >= 11 is 12.1. The Kier molecular flexibility index (Phi) is 5.09. The number of ketones is 2. The van der Waals surface area contributed by atoms with E-state index in [-0.39, 0.29) is 33.5 Å². The first-order valence-corrected chi connectivity index (χ1v) is 9.25. The first kappa shape index (κ1) is 16.3. The van der Waals surface area contributed by atoms with Crippen molar-refractivity contribution in [3.05, 3.63) is 21.2 Å². The summed E-state index contributed by atoms with van der Waals surface area (Å²) in [4.78, 5) is 25.5. The van der Waals surface area contributed by atoms with Crippen LogP contribution in [-0.4, -0.2) is 11.6 Å². The first-order valence-electron chi connectivity index (χ1n) is 8.50. The molecule has 0 aliphatic heterocycles. The van der Waals surface area contributed by atoms with Gasteiger partial charge in [0.15, 0.2) is 0 Å². The van der Waals surface area contributed by atoms with Gasteiger partial charge in [0.25, 0.3) is 0 Å². The van der Waals surface area contributed by atoms with Crippen molar-refractivity contribution < 1.29 is 9.59 Å². The summed E-state index contributed by atoms with van der Waals surface area (Å²) in [6.45, 7) is 0. The zero-order valence-electron chi connectivity index (χ0n) is 12.8. The lowest BCUT2D eigenvalue weighted by molar-refractivity contribution is -0.116. The highest BCUT2D eigenvalue weighted by Gasteiger charge is 2.40. The Morgan fingerprint density at radius 3 is 1.23 bits per heavy atom. The Morgan fingerprint density at radius 2 is 0.909 bits per heavy atom. The molecule has 0 atom stereocenters. The maximum absolute atomic E-state index is 12.7. The second-order valence-corrected chi connectivity index (χ2v) is 7.54. The van der Waals surface area contributed by atoms with Crippen LogP contribution in [0.1, 0.15) is 64.2 Å². The van der Waals surface area contributed by atoms with Crippen LogP contribution >= 0.6 is 23.2 Å². The maximum Gasteiger partial charge on any atom is 0.202 e. The number of Topliss-reactive ketones (excluding diaryl/α,β-unsaturated/α-hetero) is 2. The molecule has 4 heteroatoms. The van der Waals surface area contributed by atoms with Crippen LogP contribution in [0, 0.1) is 11.8 Å². The summed E-state index contributed by atoms with van der Waals surface area (Å²) in [7, 11) is 0. The first-order chi connectivity index (χ1) is 10.6. The number of halogens is 2. The molecule has 2 saturated carbocycles. The molecule has 0 bridgehead atoms. The Hall–Kier alpha value is -0.600. The molecule has 0 unspecified atom stereocenters. The van der Waals surface area contributed by atoms with Crippen LogP contribution < -0.4 is 0 Å². The van der Waals surface area contributed by atoms with Crippen LogP contribution in [0.5, 0.6) is 0 Å². The number of carbonyl (C=O) groups excluding carboxylic acids is 2. The molecule has 0 N–H and O–H groups in total. The number of hydrogen-bond acceptors (Lipinski definition) is 2. The predicted molar refractivity (Wildman–Crippen MR) is 88.9 cm³/mol. The van der Waals surface area contributed by atoms with Crippen LogP contribution in [0.2, 0.25) is 0 Å². The average Bonchev–Trinajstić information content (AvgIpc) is 2.57. The minimum Gasteiger partial charge on any atom is -0.288 e. The van der Waals surface area contributed by atoms with Crippen molar-refractivity contribution in [3.63, 3.8) is 0 Å². The third-order valence-electron chi connectivity index (χ3n) is 5.40. The van der Waals surface area contributed by atoms with Gasteiger partial charge in [-0.25, -0.2) is 0 Å². The second kappa shape index (κ2) is 6.88. The smallest absolute Gasteiger partial charge is 0.202 e. The van der Waals surface area contributed by atoms with E-state index in [4.69, 9.17) is 23.2 Å². The van der Waals surface area contributed by atoms with Gasteiger partial charge in [-0.05, 0) is 37.5 Å². The topological polar surface area (TPSA) is 34.1 Å². The Balaban J connectivity index is 2.03. The molecule has 0 heterocycles. The molecule has 0 aromatic carbocycles. The van der Waals surface area contributed by atoms with Crippen molar-refractivity contribution in [2.75, 3.05) is 0 Å². The fourth-order valence-corrected chi connectivity index (χ4v) is 4.65. The summed E-state index contributed by atoms with van der Waals surface area (Å²) in [5, 5.41) is -0.126. The fraction of sp³-hybridized carbons (Fsp3) is 0.667. The van der Waals surface area contributed by atoms with Gasteiger partial charge in [-0.15, -0.1) is 0 Å². The molecule has 0 aromatic rings. The van der Waals surface area contributed by atoms with Gasteiger partial charge in [0, 0.05) is 11.1 Å². The zero-order valence-corrected chi connectivity index (χ0v) is 14.3. The zero-order chi connectivity index (χ0) is 15.7. The van der Waals surface area contributed by atoms with Gasteiger partial charge in [-0.2, -0.15) is 0 Å². The van der Waals surface area contributed by atoms with E-state index >= 15 is 0 Å². The molecule has 2 nitrogen and oxygen atoms in total.